The van der Waals surface area contributed by atoms with Crippen LogP contribution < -0.4 is 30.7 Å². The summed E-state index contributed by atoms with van der Waals surface area (Å²) in [4.78, 5) is 16.0. The first kappa shape index (κ1) is 26.3. The van der Waals surface area contributed by atoms with Crippen molar-refractivity contribution in [3.8, 4) is 11.5 Å². The zero-order valence-corrected chi connectivity index (χ0v) is 20.9. The highest BCUT2D eigenvalue weighted by Crippen LogP contribution is 2.30. The second-order valence-corrected chi connectivity index (χ2v) is 6.80. The van der Waals surface area contributed by atoms with Gasteiger partial charge in [-0.1, -0.05) is 12.1 Å². The van der Waals surface area contributed by atoms with Gasteiger partial charge in [-0.2, -0.15) is 0 Å². The van der Waals surface area contributed by atoms with Gasteiger partial charge in [0.1, 0.15) is 0 Å². The van der Waals surface area contributed by atoms with Gasteiger partial charge in [-0.15, -0.1) is 24.0 Å². The minimum absolute atomic E-state index is 0. The molecule has 0 radical (unpaired) electrons. The smallest absolute Gasteiger partial charge is 0.319 e. The van der Waals surface area contributed by atoms with Crippen LogP contribution in [-0.4, -0.2) is 38.8 Å². The number of halogens is 1. The Morgan fingerprint density at radius 2 is 1.71 bits per heavy atom. The van der Waals surface area contributed by atoms with Gasteiger partial charge < -0.3 is 30.7 Å². The van der Waals surface area contributed by atoms with E-state index in [2.05, 4.69) is 26.3 Å². The van der Waals surface area contributed by atoms with Crippen molar-refractivity contribution in [2.75, 3.05) is 31.4 Å². The highest BCUT2D eigenvalue weighted by molar-refractivity contribution is 14.0. The molecular formula is C22H32IN5O3. The van der Waals surface area contributed by atoms with Crippen LogP contribution in [0, 0.1) is 0 Å². The molecule has 0 aliphatic heterocycles. The highest BCUT2D eigenvalue weighted by atomic mass is 127. The number of benzene rings is 2. The number of nitrogens with one attached hydrogen (secondary N) is 4. The van der Waals surface area contributed by atoms with Crippen LogP contribution in [0.2, 0.25) is 0 Å². The van der Waals surface area contributed by atoms with Crippen molar-refractivity contribution in [3.05, 3.63) is 48.0 Å². The summed E-state index contributed by atoms with van der Waals surface area (Å²) in [5.41, 5.74) is 2.62. The first-order valence-corrected chi connectivity index (χ1v) is 9.90. The molecule has 0 saturated carbocycles. The molecule has 0 heterocycles. The quantitative estimate of drug-likeness (QED) is 0.225. The molecule has 0 aliphatic carbocycles. The normalized spacial score (nSPS) is 10.7. The van der Waals surface area contributed by atoms with E-state index in [9.17, 15) is 4.79 Å². The van der Waals surface area contributed by atoms with Gasteiger partial charge >= 0.3 is 6.03 Å². The standard InChI is InChI=1S/C22H31N5O3.HI/c1-6-30-19-12-11-18(13-20(19)29-5)26-21(23-4)24-14-16-7-9-17(10-8-16)27-22(28)25-15(2)3;/h7-13,15H,6,14H2,1-5H3,(H2,23,24,26)(H2,25,27,28);1H. The van der Waals surface area contributed by atoms with Crippen LogP contribution in [0.3, 0.4) is 0 Å². The lowest BCUT2D eigenvalue weighted by Gasteiger charge is -2.15. The Bertz CT molecular complexity index is 857. The summed E-state index contributed by atoms with van der Waals surface area (Å²) in [5, 5.41) is 12.1. The second kappa shape index (κ2) is 13.6. The Hall–Kier alpha value is -2.69. The number of hydrogen-bond donors (Lipinski definition) is 4. The molecule has 31 heavy (non-hydrogen) atoms. The number of methoxy groups -OCH3 is 1. The second-order valence-electron chi connectivity index (χ2n) is 6.80. The first-order valence-electron chi connectivity index (χ1n) is 9.90. The highest BCUT2D eigenvalue weighted by Gasteiger charge is 2.07. The van der Waals surface area contributed by atoms with Gasteiger partial charge in [-0.3, -0.25) is 4.99 Å². The molecule has 0 atom stereocenters. The molecule has 2 amide bonds. The zero-order valence-electron chi connectivity index (χ0n) is 18.6. The molecule has 0 aromatic heterocycles. The minimum Gasteiger partial charge on any atom is -0.493 e. The number of guanidine groups is 1. The number of anilines is 2. The van der Waals surface area contributed by atoms with E-state index in [0.717, 1.165) is 16.9 Å². The van der Waals surface area contributed by atoms with Crippen molar-refractivity contribution < 1.29 is 14.3 Å². The molecule has 2 aromatic rings. The summed E-state index contributed by atoms with van der Waals surface area (Å²) < 4.78 is 10.9. The number of ether oxygens (including phenoxy) is 2. The predicted molar refractivity (Wildman–Crippen MR) is 137 cm³/mol. The Morgan fingerprint density at radius 3 is 2.29 bits per heavy atom. The SMILES string of the molecule is CCOc1ccc(NC(=NC)NCc2ccc(NC(=O)NC(C)C)cc2)cc1OC.I. The van der Waals surface area contributed by atoms with Crippen LogP contribution in [0.15, 0.2) is 47.5 Å². The molecule has 170 valence electrons. The number of carbonyl (C=O) groups is 1. The molecule has 0 fully saturated rings. The lowest BCUT2D eigenvalue weighted by atomic mass is 10.2. The van der Waals surface area contributed by atoms with E-state index in [1.54, 1.807) is 14.2 Å². The Kier molecular flexibility index (Phi) is 11.5. The number of rotatable bonds is 8. The number of hydrogen-bond acceptors (Lipinski definition) is 4. The number of urea groups is 1. The van der Waals surface area contributed by atoms with E-state index >= 15 is 0 Å². The first-order chi connectivity index (χ1) is 14.4. The van der Waals surface area contributed by atoms with Crippen molar-refractivity contribution in [1.29, 1.82) is 0 Å². The molecular weight excluding hydrogens is 509 g/mol. The Morgan fingerprint density at radius 1 is 1.03 bits per heavy atom. The number of aliphatic imine (C=N–C) groups is 1. The summed E-state index contributed by atoms with van der Waals surface area (Å²) in [7, 11) is 3.32. The van der Waals surface area contributed by atoms with Crippen LogP contribution in [0.25, 0.3) is 0 Å². The van der Waals surface area contributed by atoms with Gasteiger partial charge in [0.2, 0.25) is 0 Å². The van der Waals surface area contributed by atoms with Crippen molar-refractivity contribution in [3.63, 3.8) is 0 Å². The lowest BCUT2D eigenvalue weighted by molar-refractivity contribution is 0.250. The summed E-state index contributed by atoms with van der Waals surface area (Å²) in [6.45, 7) is 6.91. The van der Waals surface area contributed by atoms with Crippen LogP contribution in [0.1, 0.15) is 26.3 Å². The summed E-state index contributed by atoms with van der Waals surface area (Å²) in [6, 6.07) is 13.1. The molecule has 8 nitrogen and oxygen atoms in total. The van der Waals surface area contributed by atoms with Crippen molar-refractivity contribution >= 4 is 47.3 Å². The maximum Gasteiger partial charge on any atom is 0.319 e. The Balaban J connectivity index is 0.00000480. The monoisotopic (exact) mass is 541 g/mol. The van der Waals surface area contributed by atoms with E-state index in [-0.39, 0.29) is 36.0 Å². The molecule has 9 heteroatoms. The van der Waals surface area contributed by atoms with E-state index < -0.39 is 0 Å². The molecule has 0 unspecified atom stereocenters. The molecule has 2 rings (SSSR count). The van der Waals surface area contributed by atoms with Gasteiger partial charge in [-0.05, 0) is 50.6 Å². The van der Waals surface area contributed by atoms with Gasteiger partial charge in [0.05, 0.1) is 13.7 Å². The van der Waals surface area contributed by atoms with E-state index in [1.807, 2.05) is 63.2 Å². The van der Waals surface area contributed by atoms with Crippen LogP contribution in [0.5, 0.6) is 11.5 Å². The van der Waals surface area contributed by atoms with Gasteiger partial charge in [-0.25, -0.2) is 4.79 Å². The fourth-order valence-corrected chi connectivity index (χ4v) is 2.66. The van der Waals surface area contributed by atoms with E-state index in [4.69, 9.17) is 9.47 Å². The van der Waals surface area contributed by atoms with E-state index in [1.165, 1.54) is 0 Å². The summed E-state index contributed by atoms with van der Waals surface area (Å²) in [5.74, 6) is 1.98. The van der Waals surface area contributed by atoms with Gasteiger partial charge in [0, 0.05) is 37.1 Å². The summed E-state index contributed by atoms with van der Waals surface area (Å²) >= 11 is 0. The lowest BCUT2D eigenvalue weighted by Crippen LogP contribution is -2.34. The van der Waals surface area contributed by atoms with Gasteiger partial charge in [0.15, 0.2) is 17.5 Å². The fraction of sp³-hybridized carbons (Fsp3) is 0.364. The van der Waals surface area contributed by atoms with E-state index in [0.29, 0.717) is 30.6 Å². The summed E-state index contributed by atoms with van der Waals surface area (Å²) in [6.07, 6.45) is 0. The fourth-order valence-electron chi connectivity index (χ4n) is 2.66. The molecule has 0 aliphatic rings. The maximum absolute atomic E-state index is 11.8. The molecule has 0 spiro atoms. The maximum atomic E-state index is 11.8. The molecule has 0 bridgehead atoms. The van der Waals surface area contributed by atoms with Gasteiger partial charge in [0.25, 0.3) is 0 Å². The minimum atomic E-state index is -0.216. The molecule has 4 N–H and O–H groups in total. The van der Waals surface area contributed by atoms with Crippen molar-refractivity contribution in [2.45, 2.75) is 33.4 Å². The van der Waals surface area contributed by atoms with Crippen molar-refractivity contribution in [2.24, 2.45) is 4.99 Å². The Labute approximate surface area is 201 Å². The van der Waals surface area contributed by atoms with Crippen LogP contribution >= 0.6 is 24.0 Å². The average Bonchev–Trinajstić information content (AvgIpc) is 2.72. The third kappa shape index (κ3) is 8.91. The largest absolute Gasteiger partial charge is 0.493 e. The zero-order chi connectivity index (χ0) is 21.9. The molecule has 0 saturated heterocycles. The van der Waals surface area contributed by atoms with Crippen molar-refractivity contribution in [1.82, 2.24) is 10.6 Å². The van der Waals surface area contributed by atoms with Crippen LogP contribution in [0.4, 0.5) is 16.2 Å². The topological polar surface area (TPSA) is 96.0 Å². The third-order valence-electron chi connectivity index (χ3n) is 4.04. The molecule has 2 aromatic carbocycles. The predicted octanol–water partition coefficient (Wildman–Crippen LogP) is 4.43. The number of nitrogens with zero attached hydrogens (tertiary/aromatic N) is 1. The number of carbonyl (C=O) groups excluding carboxylic acids is 1. The number of amides is 2. The average molecular weight is 541 g/mol. The third-order valence-corrected chi connectivity index (χ3v) is 4.04. The van der Waals surface area contributed by atoms with Crippen LogP contribution in [-0.2, 0) is 6.54 Å².